The lowest BCUT2D eigenvalue weighted by molar-refractivity contribution is 0.175. The van der Waals surface area contributed by atoms with Crippen LogP contribution in [0.1, 0.15) is 31.2 Å². The van der Waals surface area contributed by atoms with Crippen LogP contribution < -0.4 is 0 Å². The Bertz CT molecular complexity index is 247. The van der Waals surface area contributed by atoms with Crippen LogP contribution >= 0.6 is 0 Å². The molecule has 1 aromatic rings. The molecule has 78 valence electrons. The summed E-state index contributed by atoms with van der Waals surface area (Å²) in [6.07, 6.45) is 9.74. The van der Waals surface area contributed by atoms with Gasteiger partial charge in [-0.3, -0.25) is 0 Å². The predicted molar refractivity (Wildman–Crippen MR) is 54.9 cm³/mol. The topological polar surface area (TPSA) is 33.4 Å². The Labute approximate surface area is 84.9 Å². The van der Waals surface area contributed by atoms with Crippen molar-refractivity contribution in [3.8, 4) is 0 Å². The van der Waals surface area contributed by atoms with Gasteiger partial charge in [-0.25, -0.2) is 0 Å². The Balaban J connectivity index is 1.92. The van der Waals surface area contributed by atoms with Crippen molar-refractivity contribution in [3.63, 3.8) is 0 Å². The minimum atomic E-state index is 0.315. The van der Waals surface area contributed by atoms with Crippen LogP contribution in [0.15, 0.2) is 23.0 Å². The standard InChI is InChI=1S/C12H18O2/c13-8-12(11-3-1-2-4-11)7-10-5-6-14-9-10/h5-6,9,11-13H,1-4,7-8H2. The van der Waals surface area contributed by atoms with Crippen molar-refractivity contribution in [2.24, 2.45) is 11.8 Å². The minimum absolute atomic E-state index is 0.315. The van der Waals surface area contributed by atoms with Crippen LogP contribution in [-0.2, 0) is 6.42 Å². The van der Waals surface area contributed by atoms with Gasteiger partial charge in [-0.1, -0.05) is 25.7 Å². The maximum atomic E-state index is 9.35. The third-order valence-corrected chi connectivity index (χ3v) is 3.38. The van der Waals surface area contributed by atoms with Crippen LogP contribution in [0.3, 0.4) is 0 Å². The Hall–Kier alpha value is -0.760. The summed E-state index contributed by atoms with van der Waals surface area (Å²) in [5.74, 6) is 1.17. The average molecular weight is 194 g/mol. The second-order valence-electron chi connectivity index (χ2n) is 4.32. The molecule has 2 rings (SSSR count). The summed E-state index contributed by atoms with van der Waals surface area (Å²) in [6, 6.07) is 2.00. The van der Waals surface area contributed by atoms with E-state index in [0.29, 0.717) is 12.5 Å². The fourth-order valence-corrected chi connectivity index (χ4v) is 2.52. The number of aliphatic hydroxyl groups excluding tert-OH is 1. The van der Waals surface area contributed by atoms with E-state index in [9.17, 15) is 5.11 Å². The molecule has 1 aliphatic carbocycles. The van der Waals surface area contributed by atoms with E-state index < -0.39 is 0 Å². The zero-order valence-corrected chi connectivity index (χ0v) is 8.48. The molecule has 2 heteroatoms. The molecule has 1 aliphatic rings. The zero-order chi connectivity index (χ0) is 9.80. The fraction of sp³-hybridized carbons (Fsp3) is 0.667. The summed E-state index contributed by atoms with van der Waals surface area (Å²) < 4.78 is 5.04. The lowest BCUT2D eigenvalue weighted by Gasteiger charge is -2.20. The summed E-state index contributed by atoms with van der Waals surface area (Å²) in [7, 11) is 0. The van der Waals surface area contributed by atoms with E-state index in [-0.39, 0.29) is 0 Å². The molecule has 0 amide bonds. The molecule has 0 aliphatic heterocycles. The molecule has 1 N–H and O–H groups in total. The largest absolute Gasteiger partial charge is 0.472 e. The predicted octanol–water partition coefficient (Wildman–Crippen LogP) is 2.62. The molecule has 1 heterocycles. The summed E-state index contributed by atoms with van der Waals surface area (Å²) in [5.41, 5.74) is 1.22. The van der Waals surface area contributed by atoms with Crippen molar-refractivity contribution >= 4 is 0 Å². The van der Waals surface area contributed by atoms with Gasteiger partial charge < -0.3 is 9.52 Å². The quantitative estimate of drug-likeness (QED) is 0.799. The Morgan fingerprint density at radius 1 is 1.43 bits per heavy atom. The highest BCUT2D eigenvalue weighted by atomic mass is 16.3. The van der Waals surface area contributed by atoms with Gasteiger partial charge in [-0.2, -0.15) is 0 Å². The second-order valence-corrected chi connectivity index (χ2v) is 4.32. The van der Waals surface area contributed by atoms with Gasteiger partial charge in [0.1, 0.15) is 0 Å². The van der Waals surface area contributed by atoms with Crippen molar-refractivity contribution in [3.05, 3.63) is 24.2 Å². The van der Waals surface area contributed by atoms with Crippen molar-refractivity contribution in [1.29, 1.82) is 0 Å². The normalized spacial score (nSPS) is 20.1. The molecule has 1 aromatic heterocycles. The molecule has 0 saturated heterocycles. The molecule has 0 bridgehead atoms. The molecule has 1 saturated carbocycles. The summed E-state index contributed by atoms with van der Waals surface area (Å²) in [4.78, 5) is 0. The van der Waals surface area contributed by atoms with E-state index in [1.54, 1.807) is 12.5 Å². The van der Waals surface area contributed by atoms with Crippen LogP contribution in [0, 0.1) is 11.8 Å². The molecule has 0 spiro atoms. The number of furan rings is 1. The SMILES string of the molecule is OCC(Cc1ccoc1)C1CCCC1. The average Bonchev–Trinajstić information content (AvgIpc) is 2.86. The fourth-order valence-electron chi connectivity index (χ4n) is 2.52. The van der Waals surface area contributed by atoms with Gasteiger partial charge in [0.05, 0.1) is 12.5 Å². The monoisotopic (exact) mass is 194 g/mol. The van der Waals surface area contributed by atoms with E-state index in [4.69, 9.17) is 4.42 Å². The number of hydrogen-bond donors (Lipinski definition) is 1. The van der Waals surface area contributed by atoms with Crippen LogP contribution in [0.2, 0.25) is 0 Å². The molecule has 1 unspecified atom stereocenters. The molecule has 1 fully saturated rings. The zero-order valence-electron chi connectivity index (χ0n) is 8.48. The van der Waals surface area contributed by atoms with E-state index in [1.165, 1.54) is 31.2 Å². The van der Waals surface area contributed by atoms with E-state index >= 15 is 0 Å². The summed E-state index contributed by atoms with van der Waals surface area (Å²) in [6.45, 7) is 0.315. The number of aliphatic hydroxyl groups is 1. The van der Waals surface area contributed by atoms with Crippen LogP contribution in [0.4, 0.5) is 0 Å². The van der Waals surface area contributed by atoms with Gasteiger partial charge in [0, 0.05) is 6.61 Å². The summed E-state index contributed by atoms with van der Waals surface area (Å²) in [5, 5.41) is 9.35. The van der Waals surface area contributed by atoms with E-state index in [0.717, 1.165) is 12.3 Å². The highest BCUT2D eigenvalue weighted by molar-refractivity contribution is 5.06. The highest BCUT2D eigenvalue weighted by Crippen LogP contribution is 2.32. The first-order valence-corrected chi connectivity index (χ1v) is 5.52. The Morgan fingerprint density at radius 3 is 2.79 bits per heavy atom. The van der Waals surface area contributed by atoms with Crippen LogP contribution in [-0.4, -0.2) is 11.7 Å². The lowest BCUT2D eigenvalue weighted by atomic mass is 9.87. The van der Waals surface area contributed by atoms with Gasteiger partial charge in [-0.15, -0.1) is 0 Å². The molecular formula is C12H18O2. The molecular weight excluding hydrogens is 176 g/mol. The maximum absolute atomic E-state index is 9.35. The van der Waals surface area contributed by atoms with Crippen molar-refractivity contribution in [2.45, 2.75) is 32.1 Å². The lowest BCUT2D eigenvalue weighted by Crippen LogP contribution is -2.18. The minimum Gasteiger partial charge on any atom is -0.472 e. The van der Waals surface area contributed by atoms with Crippen LogP contribution in [0.5, 0.6) is 0 Å². The first-order valence-electron chi connectivity index (χ1n) is 5.52. The van der Waals surface area contributed by atoms with Gasteiger partial charge in [0.25, 0.3) is 0 Å². The Morgan fingerprint density at radius 2 is 2.21 bits per heavy atom. The molecule has 0 radical (unpaired) electrons. The van der Waals surface area contributed by atoms with Gasteiger partial charge in [0.15, 0.2) is 0 Å². The second kappa shape index (κ2) is 4.65. The maximum Gasteiger partial charge on any atom is 0.0934 e. The molecule has 0 aromatic carbocycles. The smallest absolute Gasteiger partial charge is 0.0934 e. The van der Waals surface area contributed by atoms with Gasteiger partial charge >= 0.3 is 0 Å². The Kier molecular flexibility index (Phi) is 3.25. The number of hydrogen-bond acceptors (Lipinski definition) is 2. The third-order valence-electron chi connectivity index (χ3n) is 3.38. The van der Waals surface area contributed by atoms with Gasteiger partial charge in [-0.05, 0) is 29.9 Å². The van der Waals surface area contributed by atoms with Crippen LogP contribution in [0.25, 0.3) is 0 Å². The first-order chi connectivity index (χ1) is 6.90. The number of rotatable bonds is 4. The molecule has 1 atom stereocenters. The van der Waals surface area contributed by atoms with Crippen molar-refractivity contribution < 1.29 is 9.52 Å². The van der Waals surface area contributed by atoms with Gasteiger partial charge in [0.2, 0.25) is 0 Å². The third kappa shape index (κ3) is 2.18. The highest BCUT2D eigenvalue weighted by Gasteiger charge is 2.24. The van der Waals surface area contributed by atoms with Crippen molar-refractivity contribution in [2.75, 3.05) is 6.61 Å². The summed E-state index contributed by atoms with van der Waals surface area (Å²) >= 11 is 0. The first kappa shape index (κ1) is 9.78. The van der Waals surface area contributed by atoms with E-state index in [2.05, 4.69) is 0 Å². The molecule has 14 heavy (non-hydrogen) atoms. The van der Waals surface area contributed by atoms with E-state index in [1.807, 2.05) is 6.07 Å². The molecule has 2 nitrogen and oxygen atoms in total. The van der Waals surface area contributed by atoms with Crippen molar-refractivity contribution in [1.82, 2.24) is 0 Å².